The summed E-state index contributed by atoms with van der Waals surface area (Å²) in [7, 11) is 0. The van der Waals surface area contributed by atoms with Crippen LogP contribution in [0.25, 0.3) is 0 Å². The fraction of sp³-hybridized carbons (Fsp3) is 0. The summed E-state index contributed by atoms with van der Waals surface area (Å²) < 4.78 is 7.09. The van der Waals surface area contributed by atoms with Crippen molar-refractivity contribution in [2.75, 3.05) is 0 Å². The minimum Gasteiger partial charge on any atom is -0.0827 e. The third kappa shape index (κ3) is 1.15. The molecule has 41 valence electrons. The van der Waals surface area contributed by atoms with Gasteiger partial charge in [-0.05, 0) is 18.2 Å². The Kier molecular flexibility index (Phi) is 1.39. The van der Waals surface area contributed by atoms with Crippen LogP contribution < -0.4 is 0 Å². The lowest BCUT2D eigenvalue weighted by molar-refractivity contribution is 1.69. The first-order valence-corrected chi connectivity index (χ1v) is 2.79. The van der Waals surface area contributed by atoms with Crippen LogP contribution in [0.5, 0.6) is 0 Å². The molecule has 0 N–H and O–H groups in total. The standard InChI is InChI=1S/C6H3Cl2/c7-5-3-1-2-4-6(5)8/h1,3-4H/i4D. The maximum Gasteiger partial charge on any atom is 0.0646 e. The molecule has 2 heteroatoms. The lowest BCUT2D eigenvalue weighted by Crippen LogP contribution is -1.63. The molecule has 0 aliphatic rings. The van der Waals surface area contributed by atoms with Crippen LogP contribution in [0.3, 0.4) is 0 Å². The summed E-state index contributed by atoms with van der Waals surface area (Å²) in [5, 5.41) is 0.666. The summed E-state index contributed by atoms with van der Waals surface area (Å²) in [5.41, 5.74) is 0. The van der Waals surface area contributed by atoms with E-state index in [0.717, 1.165) is 0 Å². The topological polar surface area (TPSA) is 0 Å². The summed E-state index contributed by atoms with van der Waals surface area (Å²) in [6.45, 7) is 0. The molecule has 0 aromatic heterocycles. The van der Waals surface area contributed by atoms with Crippen molar-refractivity contribution in [3.8, 4) is 0 Å². The van der Waals surface area contributed by atoms with E-state index < -0.39 is 0 Å². The van der Waals surface area contributed by atoms with Gasteiger partial charge in [-0.25, -0.2) is 0 Å². The Balaban J connectivity index is 3.25. The minimum atomic E-state index is 0.143. The average Bonchev–Trinajstić information content (AvgIpc) is 1.83. The molecule has 0 fully saturated rings. The fourth-order valence-corrected chi connectivity index (χ4v) is 0.581. The molecule has 0 bridgehead atoms. The highest BCUT2D eigenvalue weighted by Crippen LogP contribution is 2.18. The van der Waals surface area contributed by atoms with Crippen molar-refractivity contribution in [3.05, 3.63) is 34.3 Å². The van der Waals surface area contributed by atoms with Crippen LogP contribution in [-0.4, -0.2) is 0 Å². The van der Waals surface area contributed by atoms with Crippen LogP contribution in [0.4, 0.5) is 0 Å². The number of halogens is 2. The molecule has 8 heavy (non-hydrogen) atoms. The van der Waals surface area contributed by atoms with Gasteiger partial charge >= 0.3 is 0 Å². The molecule has 0 aliphatic carbocycles. The third-order valence-corrected chi connectivity index (χ3v) is 1.41. The van der Waals surface area contributed by atoms with E-state index in [9.17, 15) is 0 Å². The molecule has 0 amide bonds. The molecular formula is C6H3Cl2. The minimum absolute atomic E-state index is 0.143. The highest BCUT2D eigenvalue weighted by Gasteiger charge is 1.89. The van der Waals surface area contributed by atoms with Gasteiger partial charge in [-0.3, -0.25) is 0 Å². The van der Waals surface area contributed by atoms with Crippen LogP contribution in [-0.2, 0) is 0 Å². The lowest BCUT2D eigenvalue weighted by Gasteiger charge is -1.87. The summed E-state index contributed by atoms with van der Waals surface area (Å²) in [5.74, 6) is 0. The molecule has 0 heterocycles. The van der Waals surface area contributed by atoms with E-state index in [0.29, 0.717) is 5.02 Å². The second-order valence-corrected chi connectivity index (χ2v) is 2.05. The molecular weight excluding hydrogens is 143 g/mol. The number of hydrogen-bond acceptors (Lipinski definition) is 0. The zero-order valence-electron chi connectivity index (χ0n) is 4.91. The first-order valence-electron chi connectivity index (χ1n) is 2.54. The first-order chi connectivity index (χ1) is 4.22. The van der Waals surface area contributed by atoms with Gasteiger partial charge in [0.05, 0.1) is 11.4 Å². The Hall–Kier alpha value is -0.200. The second kappa shape index (κ2) is 2.38. The van der Waals surface area contributed by atoms with Crippen LogP contribution >= 0.6 is 23.2 Å². The van der Waals surface area contributed by atoms with E-state index in [1.54, 1.807) is 12.1 Å². The number of rotatable bonds is 0. The molecule has 1 aromatic carbocycles. The predicted octanol–water partition coefficient (Wildman–Crippen LogP) is 2.79. The van der Waals surface area contributed by atoms with Gasteiger partial charge in [0.15, 0.2) is 0 Å². The highest BCUT2D eigenvalue weighted by atomic mass is 35.5. The van der Waals surface area contributed by atoms with Crippen molar-refractivity contribution in [1.82, 2.24) is 0 Å². The molecule has 0 saturated heterocycles. The SMILES string of the molecule is [2H]c1[c]ccc(Cl)c1Cl. The van der Waals surface area contributed by atoms with Gasteiger partial charge in [0.25, 0.3) is 0 Å². The summed E-state index contributed by atoms with van der Waals surface area (Å²) in [4.78, 5) is 0. The molecule has 0 aliphatic heterocycles. The van der Waals surface area contributed by atoms with Crippen molar-refractivity contribution >= 4 is 23.2 Å². The zero-order valence-corrected chi connectivity index (χ0v) is 5.42. The van der Waals surface area contributed by atoms with Gasteiger partial charge in [-0.1, -0.05) is 29.3 Å². The Bertz CT molecular complexity index is 202. The number of benzene rings is 1. The first kappa shape index (κ1) is 4.66. The highest BCUT2D eigenvalue weighted by molar-refractivity contribution is 6.41. The van der Waals surface area contributed by atoms with Gasteiger partial charge in [-0.15, -0.1) is 0 Å². The van der Waals surface area contributed by atoms with E-state index in [1.807, 2.05) is 0 Å². The largest absolute Gasteiger partial charge is 0.0827 e. The monoisotopic (exact) mass is 146 g/mol. The molecule has 0 saturated carbocycles. The van der Waals surface area contributed by atoms with Crippen molar-refractivity contribution in [1.29, 1.82) is 0 Å². The van der Waals surface area contributed by atoms with E-state index in [2.05, 4.69) is 6.07 Å². The molecule has 0 unspecified atom stereocenters. The molecule has 0 spiro atoms. The van der Waals surface area contributed by atoms with E-state index in [4.69, 9.17) is 24.6 Å². The Morgan fingerprint density at radius 1 is 1.50 bits per heavy atom. The molecule has 1 rings (SSSR count). The van der Waals surface area contributed by atoms with Crippen molar-refractivity contribution in [2.45, 2.75) is 0 Å². The Labute approximate surface area is 59.4 Å². The smallest absolute Gasteiger partial charge is 0.0646 e. The van der Waals surface area contributed by atoms with E-state index in [-0.39, 0.29) is 11.1 Å². The summed E-state index contributed by atoms with van der Waals surface area (Å²) in [6.07, 6.45) is 0. The fourth-order valence-electron chi connectivity index (χ4n) is 0.353. The summed E-state index contributed by atoms with van der Waals surface area (Å²) >= 11 is 11.1. The predicted molar refractivity (Wildman–Crippen MR) is 35.3 cm³/mol. The van der Waals surface area contributed by atoms with Crippen LogP contribution in [0, 0.1) is 6.07 Å². The summed E-state index contributed by atoms with van der Waals surface area (Å²) in [6, 6.07) is 5.90. The molecule has 1 aromatic rings. The molecule has 1 radical (unpaired) electrons. The quantitative estimate of drug-likeness (QED) is 0.529. The maximum absolute atomic E-state index is 7.09. The van der Waals surface area contributed by atoms with E-state index in [1.165, 1.54) is 0 Å². The molecule has 0 atom stereocenters. The van der Waals surface area contributed by atoms with Gasteiger partial charge in [0, 0.05) is 0 Å². The van der Waals surface area contributed by atoms with Crippen LogP contribution in [0.15, 0.2) is 18.2 Å². The zero-order chi connectivity index (χ0) is 6.85. The second-order valence-electron chi connectivity index (χ2n) is 1.26. The van der Waals surface area contributed by atoms with Crippen molar-refractivity contribution in [2.24, 2.45) is 0 Å². The average molecular weight is 147 g/mol. The Morgan fingerprint density at radius 2 is 2.25 bits per heavy atom. The van der Waals surface area contributed by atoms with Crippen molar-refractivity contribution < 1.29 is 1.37 Å². The van der Waals surface area contributed by atoms with E-state index >= 15 is 0 Å². The Morgan fingerprint density at radius 3 is 2.75 bits per heavy atom. The van der Waals surface area contributed by atoms with Gasteiger partial charge in [-0.2, -0.15) is 0 Å². The van der Waals surface area contributed by atoms with Gasteiger partial charge < -0.3 is 0 Å². The van der Waals surface area contributed by atoms with Gasteiger partial charge in [0.2, 0.25) is 0 Å². The van der Waals surface area contributed by atoms with Crippen molar-refractivity contribution in [3.63, 3.8) is 0 Å². The third-order valence-electron chi connectivity index (χ3n) is 0.705. The molecule has 0 nitrogen and oxygen atoms in total. The lowest BCUT2D eigenvalue weighted by atomic mass is 10.4. The maximum atomic E-state index is 7.09. The number of hydrogen-bond donors (Lipinski definition) is 0. The van der Waals surface area contributed by atoms with Crippen LogP contribution in [0.1, 0.15) is 1.37 Å². The van der Waals surface area contributed by atoms with Crippen LogP contribution in [0.2, 0.25) is 10.0 Å². The normalized spacial score (nSPS) is 11.0. The van der Waals surface area contributed by atoms with Gasteiger partial charge in [0.1, 0.15) is 0 Å².